The standard InChI is InChI=1S/C6H8N2O2/c1-2-7-8-5(9)3-4-6(8)10/h3-4,7H,2H2,1H3. The third-order valence-electron chi connectivity index (χ3n) is 1.13. The van der Waals surface area contributed by atoms with Crippen LogP contribution in [0.2, 0.25) is 0 Å². The van der Waals surface area contributed by atoms with Crippen LogP contribution in [0.15, 0.2) is 12.2 Å². The molecule has 0 aromatic heterocycles. The van der Waals surface area contributed by atoms with Gasteiger partial charge in [-0.25, -0.2) is 10.4 Å². The second-order valence-electron chi connectivity index (χ2n) is 1.86. The zero-order valence-electron chi connectivity index (χ0n) is 5.63. The summed E-state index contributed by atoms with van der Waals surface area (Å²) < 4.78 is 0. The topological polar surface area (TPSA) is 49.4 Å². The number of carbonyl (C=O) groups is 2. The Bertz CT molecular complexity index is 180. The Morgan fingerprint density at radius 3 is 2.30 bits per heavy atom. The minimum atomic E-state index is -0.299. The Morgan fingerprint density at radius 2 is 1.90 bits per heavy atom. The third-order valence-corrected chi connectivity index (χ3v) is 1.13. The van der Waals surface area contributed by atoms with E-state index in [0.29, 0.717) is 6.54 Å². The normalized spacial score (nSPS) is 17.1. The molecule has 0 saturated carbocycles. The van der Waals surface area contributed by atoms with E-state index in [4.69, 9.17) is 0 Å². The highest BCUT2D eigenvalue weighted by Gasteiger charge is 2.21. The monoisotopic (exact) mass is 140 g/mol. The number of rotatable bonds is 2. The van der Waals surface area contributed by atoms with Crippen molar-refractivity contribution in [1.82, 2.24) is 10.4 Å². The van der Waals surface area contributed by atoms with Gasteiger partial charge in [-0.1, -0.05) is 6.92 Å². The Morgan fingerprint density at radius 1 is 1.40 bits per heavy atom. The molecule has 0 unspecified atom stereocenters. The van der Waals surface area contributed by atoms with E-state index in [0.717, 1.165) is 5.01 Å². The summed E-state index contributed by atoms with van der Waals surface area (Å²) in [4.78, 5) is 21.5. The summed E-state index contributed by atoms with van der Waals surface area (Å²) in [5.41, 5.74) is 2.62. The Balaban J connectivity index is 2.60. The van der Waals surface area contributed by atoms with Crippen molar-refractivity contribution in [2.24, 2.45) is 0 Å². The molecule has 0 spiro atoms. The maximum Gasteiger partial charge on any atom is 0.268 e. The van der Waals surface area contributed by atoms with Crippen LogP contribution in [-0.2, 0) is 9.59 Å². The first-order valence-corrected chi connectivity index (χ1v) is 3.05. The summed E-state index contributed by atoms with van der Waals surface area (Å²) in [5.74, 6) is -0.598. The van der Waals surface area contributed by atoms with Gasteiger partial charge in [-0.15, -0.1) is 0 Å². The average molecular weight is 140 g/mol. The quantitative estimate of drug-likeness (QED) is 0.523. The summed E-state index contributed by atoms with van der Waals surface area (Å²) in [6.45, 7) is 2.39. The maximum atomic E-state index is 10.7. The largest absolute Gasteiger partial charge is 0.268 e. The van der Waals surface area contributed by atoms with Gasteiger partial charge in [0.2, 0.25) is 0 Å². The van der Waals surface area contributed by atoms with Crippen LogP contribution in [-0.4, -0.2) is 23.4 Å². The van der Waals surface area contributed by atoms with Crippen molar-refractivity contribution in [1.29, 1.82) is 0 Å². The lowest BCUT2D eigenvalue weighted by Gasteiger charge is -2.12. The number of hydrogen-bond donors (Lipinski definition) is 1. The number of nitrogens with zero attached hydrogens (tertiary/aromatic N) is 1. The molecule has 10 heavy (non-hydrogen) atoms. The number of imide groups is 1. The minimum absolute atomic E-state index is 0.299. The van der Waals surface area contributed by atoms with Gasteiger partial charge in [-0.05, 0) is 0 Å². The molecule has 0 aromatic rings. The van der Waals surface area contributed by atoms with Gasteiger partial charge in [0.25, 0.3) is 11.8 Å². The van der Waals surface area contributed by atoms with Crippen molar-refractivity contribution in [2.45, 2.75) is 6.92 Å². The van der Waals surface area contributed by atoms with Crippen LogP contribution >= 0.6 is 0 Å². The van der Waals surface area contributed by atoms with E-state index in [2.05, 4.69) is 5.43 Å². The molecule has 0 bridgehead atoms. The molecule has 54 valence electrons. The number of amides is 2. The Labute approximate surface area is 58.5 Å². The van der Waals surface area contributed by atoms with E-state index in [-0.39, 0.29) is 11.8 Å². The molecule has 0 radical (unpaired) electrons. The second kappa shape index (κ2) is 2.62. The van der Waals surface area contributed by atoms with E-state index >= 15 is 0 Å². The zero-order valence-corrected chi connectivity index (χ0v) is 5.63. The van der Waals surface area contributed by atoms with Gasteiger partial charge in [0, 0.05) is 18.7 Å². The molecule has 1 rings (SSSR count). The first kappa shape index (κ1) is 6.95. The minimum Gasteiger partial charge on any atom is -0.268 e. The number of nitrogens with one attached hydrogen (secondary N) is 1. The highest BCUT2D eigenvalue weighted by molar-refractivity contribution is 6.12. The summed E-state index contributed by atoms with van der Waals surface area (Å²) in [6, 6.07) is 0. The van der Waals surface area contributed by atoms with E-state index < -0.39 is 0 Å². The smallest absolute Gasteiger partial charge is 0.268 e. The van der Waals surface area contributed by atoms with E-state index in [1.165, 1.54) is 12.2 Å². The van der Waals surface area contributed by atoms with Crippen LogP contribution in [0.25, 0.3) is 0 Å². The fraction of sp³-hybridized carbons (Fsp3) is 0.333. The zero-order chi connectivity index (χ0) is 7.56. The van der Waals surface area contributed by atoms with Crippen LogP contribution in [0, 0.1) is 0 Å². The summed E-state index contributed by atoms with van der Waals surface area (Å²) in [6.07, 6.45) is 2.48. The lowest BCUT2D eigenvalue weighted by Crippen LogP contribution is -2.42. The molecule has 0 atom stereocenters. The first-order chi connectivity index (χ1) is 4.75. The van der Waals surface area contributed by atoms with Gasteiger partial charge in [0.05, 0.1) is 0 Å². The molecule has 2 amide bonds. The lowest BCUT2D eigenvalue weighted by atomic mass is 10.6. The highest BCUT2D eigenvalue weighted by atomic mass is 16.2. The van der Waals surface area contributed by atoms with Crippen LogP contribution in [0.3, 0.4) is 0 Å². The van der Waals surface area contributed by atoms with E-state index in [9.17, 15) is 9.59 Å². The summed E-state index contributed by atoms with van der Waals surface area (Å²) in [5, 5.41) is 0.986. The molecular formula is C6H8N2O2. The second-order valence-corrected chi connectivity index (χ2v) is 1.86. The van der Waals surface area contributed by atoms with Gasteiger partial charge in [-0.3, -0.25) is 9.59 Å². The molecule has 0 saturated heterocycles. The van der Waals surface area contributed by atoms with Crippen molar-refractivity contribution < 1.29 is 9.59 Å². The number of carbonyl (C=O) groups excluding carboxylic acids is 2. The average Bonchev–Trinajstić information content (AvgIpc) is 2.20. The molecule has 0 fully saturated rings. The number of hydrogen-bond acceptors (Lipinski definition) is 3. The lowest BCUT2D eigenvalue weighted by molar-refractivity contribution is -0.140. The number of hydrazine groups is 1. The fourth-order valence-corrected chi connectivity index (χ4v) is 0.714. The molecular weight excluding hydrogens is 132 g/mol. The predicted octanol–water partition coefficient (Wildman–Crippen LogP) is -0.564. The van der Waals surface area contributed by atoms with Crippen LogP contribution in [0.4, 0.5) is 0 Å². The maximum absolute atomic E-state index is 10.7. The predicted molar refractivity (Wildman–Crippen MR) is 34.7 cm³/mol. The molecule has 1 aliphatic rings. The van der Waals surface area contributed by atoms with Crippen molar-refractivity contribution in [2.75, 3.05) is 6.54 Å². The van der Waals surface area contributed by atoms with Crippen molar-refractivity contribution >= 4 is 11.8 Å². The molecule has 0 aliphatic carbocycles. The van der Waals surface area contributed by atoms with Gasteiger partial charge in [0.15, 0.2) is 0 Å². The SMILES string of the molecule is CCNN1C(=O)C=CC1=O. The van der Waals surface area contributed by atoms with Gasteiger partial charge in [-0.2, -0.15) is 0 Å². The first-order valence-electron chi connectivity index (χ1n) is 3.05. The summed E-state index contributed by atoms with van der Waals surface area (Å²) in [7, 11) is 0. The van der Waals surface area contributed by atoms with Crippen LogP contribution in [0.1, 0.15) is 6.92 Å². The Hall–Kier alpha value is -1.16. The Kier molecular flexibility index (Phi) is 1.82. The van der Waals surface area contributed by atoms with E-state index in [1.807, 2.05) is 6.92 Å². The van der Waals surface area contributed by atoms with Gasteiger partial charge >= 0.3 is 0 Å². The van der Waals surface area contributed by atoms with Crippen molar-refractivity contribution in [3.05, 3.63) is 12.2 Å². The molecule has 0 aromatic carbocycles. The molecule has 1 aliphatic heterocycles. The molecule has 4 heteroatoms. The molecule has 4 nitrogen and oxygen atoms in total. The van der Waals surface area contributed by atoms with Crippen molar-refractivity contribution in [3.8, 4) is 0 Å². The van der Waals surface area contributed by atoms with Crippen molar-refractivity contribution in [3.63, 3.8) is 0 Å². The third kappa shape index (κ3) is 1.06. The highest BCUT2D eigenvalue weighted by Crippen LogP contribution is 1.97. The molecule has 1 heterocycles. The van der Waals surface area contributed by atoms with Gasteiger partial charge < -0.3 is 0 Å². The van der Waals surface area contributed by atoms with Crippen LogP contribution < -0.4 is 5.43 Å². The van der Waals surface area contributed by atoms with E-state index in [1.54, 1.807) is 0 Å². The van der Waals surface area contributed by atoms with Gasteiger partial charge in [0.1, 0.15) is 0 Å². The fourth-order valence-electron chi connectivity index (χ4n) is 0.714. The molecule has 1 N–H and O–H groups in total. The summed E-state index contributed by atoms with van der Waals surface area (Å²) >= 11 is 0. The van der Waals surface area contributed by atoms with Crippen LogP contribution in [0.5, 0.6) is 0 Å².